The van der Waals surface area contributed by atoms with Crippen molar-refractivity contribution >= 4 is 11.6 Å². The maximum absolute atomic E-state index is 12.6. The van der Waals surface area contributed by atoms with Crippen LogP contribution in [0.2, 0.25) is 0 Å². The zero-order valence-electron chi connectivity index (χ0n) is 12.8. The molecule has 6 nitrogen and oxygen atoms in total. The van der Waals surface area contributed by atoms with Crippen LogP contribution in [-0.4, -0.2) is 32.7 Å². The van der Waals surface area contributed by atoms with E-state index in [0.29, 0.717) is 17.0 Å². The van der Waals surface area contributed by atoms with Crippen LogP contribution in [0.1, 0.15) is 23.0 Å². The maximum Gasteiger partial charge on any atom is 0.408 e. The van der Waals surface area contributed by atoms with Gasteiger partial charge >= 0.3 is 6.18 Å². The van der Waals surface area contributed by atoms with Crippen LogP contribution in [0.25, 0.3) is 16.9 Å². The normalized spacial score (nSPS) is 13.2. The van der Waals surface area contributed by atoms with Crippen molar-refractivity contribution in [2.75, 3.05) is 0 Å². The molecule has 0 bridgehead atoms. The van der Waals surface area contributed by atoms with Crippen molar-refractivity contribution in [1.82, 2.24) is 19.9 Å². The van der Waals surface area contributed by atoms with Crippen LogP contribution in [-0.2, 0) is 0 Å². The summed E-state index contributed by atoms with van der Waals surface area (Å²) in [5.74, 6) is -0.883. The summed E-state index contributed by atoms with van der Waals surface area (Å²) >= 11 is 0. The lowest BCUT2D eigenvalue weighted by molar-refractivity contribution is -0.149. The molecule has 0 saturated heterocycles. The number of amides is 1. The molecule has 1 unspecified atom stereocenters. The van der Waals surface area contributed by atoms with Crippen LogP contribution in [0.4, 0.5) is 13.2 Å². The van der Waals surface area contributed by atoms with E-state index in [0.717, 1.165) is 6.92 Å². The molecule has 126 valence electrons. The average molecular weight is 338 g/mol. The van der Waals surface area contributed by atoms with Gasteiger partial charge in [0, 0.05) is 11.3 Å². The van der Waals surface area contributed by atoms with Gasteiger partial charge in [-0.3, -0.25) is 4.79 Å². The molecule has 24 heavy (non-hydrogen) atoms. The van der Waals surface area contributed by atoms with E-state index in [1.165, 1.54) is 23.2 Å². The highest BCUT2D eigenvalue weighted by Gasteiger charge is 2.37. The van der Waals surface area contributed by atoms with Gasteiger partial charge in [0.15, 0.2) is 5.65 Å². The van der Waals surface area contributed by atoms with E-state index in [1.807, 2.05) is 5.32 Å². The van der Waals surface area contributed by atoms with Gasteiger partial charge in [-0.25, -0.2) is 9.50 Å². The summed E-state index contributed by atoms with van der Waals surface area (Å²) in [6.07, 6.45) is -0.359. The molecular weight excluding hydrogens is 325 g/mol. The summed E-state index contributed by atoms with van der Waals surface area (Å²) in [6.45, 7) is 2.63. The third kappa shape index (κ3) is 2.84. The van der Waals surface area contributed by atoms with E-state index in [-0.39, 0.29) is 11.2 Å². The molecule has 0 aliphatic heterocycles. The molecule has 1 N–H and O–H groups in total. The number of furan rings is 1. The molecule has 0 aliphatic carbocycles. The van der Waals surface area contributed by atoms with Gasteiger partial charge < -0.3 is 9.73 Å². The van der Waals surface area contributed by atoms with Crippen LogP contribution in [0.5, 0.6) is 0 Å². The molecule has 3 aromatic heterocycles. The largest absolute Gasteiger partial charge is 0.472 e. The second kappa shape index (κ2) is 5.66. The molecule has 1 amide bonds. The lowest BCUT2D eigenvalue weighted by Gasteiger charge is -2.16. The summed E-state index contributed by atoms with van der Waals surface area (Å²) in [4.78, 5) is 16.5. The standard InChI is InChI=1S/C15H13F3N4O2/c1-8-5-12(10-3-4-24-7-10)21-13-11(6-19-22(8)13)14(23)20-9(2)15(16,17)18/h3-7,9H,1-2H3,(H,20,23). The Kier molecular flexibility index (Phi) is 3.78. The van der Waals surface area contributed by atoms with Gasteiger partial charge in [-0.05, 0) is 26.0 Å². The number of nitrogens with one attached hydrogen (secondary N) is 1. The number of halogens is 3. The SMILES string of the molecule is Cc1cc(-c2ccoc2)nc2c(C(=O)NC(C)C(F)(F)F)cnn12. The molecule has 1 atom stereocenters. The zero-order valence-corrected chi connectivity index (χ0v) is 12.8. The van der Waals surface area contributed by atoms with Crippen molar-refractivity contribution in [2.24, 2.45) is 0 Å². The third-order valence-corrected chi connectivity index (χ3v) is 3.55. The fraction of sp³-hybridized carbons (Fsp3) is 0.267. The first-order chi connectivity index (χ1) is 11.3. The van der Waals surface area contributed by atoms with Gasteiger partial charge in [-0.1, -0.05) is 0 Å². The Bertz CT molecular complexity index is 884. The number of carbonyl (C=O) groups excluding carboxylic acids is 1. The van der Waals surface area contributed by atoms with E-state index in [4.69, 9.17) is 4.42 Å². The van der Waals surface area contributed by atoms with E-state index in [2.05, 4.69) is 10.1 Å². The van der Waals surface area contributed by atoms with Crippen molar-refractivity contribution in [1.29, 1.82) is 0 Å². The molecule has 0 aliphatic rings. The lowest BCUT2D eigenvalue weighted by atomic mass is 10.2. The number of hydrogen-bond donors (Lipinski definition) is 1. The lowest BCUT2D eigenvalue weighted by Crippen LogP contribution is -2.43. The predicted octanol–water partition coefficient (Wildman–Crippen LogP) is 2.98. The van der Waals surface area contributed by atoms with Gasteiger partial charge in [0.05, 0.1) is 24.4 Å². The second-order valence-electron chi connectivity index (χ2n) is 5.33. The number of rotatable bonds is 3. The molecular formula is C15H13F3N4O2. The van der Waals surface area contributed by atoms with Crippen molar-refractivity contribution < 1.29 is 22.4 Å². The van der Waals surface area contributed by atoms with Gasteiger partial charge in [-0.2, -0.15) is 18.3 Å². The highest BCUT2D eigenvalue weighted by molar-refractivity contribution is 6.00. The summed E-state index contributed by atoms with van der Waals surface area (Å²) in [5.41, 5.74) is 2.06. The van der Waals surface area contributed by atoms with Crippen molar-refractivity contribution in [3.05, 3.63) is 42.1 Å². The van der Waals surface area contributed by atoms with E-state index in [1.54, 1.807) is 19.1 Å². The average Bonchev–Trinajstić information content (AvgIpc) is 3.15. The topological polar surface area (TPSA) is 72.4 Å². The summed E-state index contributed by atoms with van der Waals surface area (Å²) in [7, 11) is 0. The fourth-order valence-electron chi connectivity index (χ4n) is 2.19. The minimum atomic E-state index is -4.52. The summed E-state index contributed by atoms with van der Waals surface area (Å²) in [5, 5.41) is 5.93. The zero-order chi connectivity index (χ0) is 17.5. The van der Waals surface area contributed by atoms with Crippen LogP contribution >= 0.6 is 0 Å². The number of alkyl halides is 3. The molecule has 0 fully saturated rings. The van der Waals surface area contributed by atoms with Crippen LogP contribution < -0.4 is 5.32 Å². The van der Waals surface area contributed by atoms with Crippen LogP contribution in [0.3, 0.4) is 0 Å². The Morgan fingerprint density at radius 2 is 2.17 bits per heavy atom. The Morgan fingerprint density at radius 1 is 1.42 bits per heavy atom. The molecule has 3 aromatic rings. The summed E-state index contributed by atoms with van der Waals surface area (Å²) < 4.78 is 44.3. The molecule has 0 radical (unpaired) electrons. The van der Waals surface area contributed by atoms with Crippen molar-refractivity contribution in [3.8, 4) is 11.3 Å². The van der Waals surface area contributed by atoms with Crippen molar-refractivity contribution in [2.45, 2.75) is 26.1 Å². The number of fused-ring (bicyclic) bond motifs is 1. The molecule has 0 spiro atoms. The first-order valence-electron chi connectivity index (χ1n) is 7.03. The maximum atomic E-state index is 12.6. The number of hydrogen-bond acceptors (Lipinski definition) is 4. The van der Waals surface area contributed by atoms with Crippen LogP contribution in [0, 0.1) is 6.92 Å². The first kappa shape index (κ1) is 16.0. The Balaban J connectivity index is 2.01. The van der Waals surface area contributed by atoms with Gasteiger partial charge in [0.1, 0.15) is 11.6 Å². The Morgan fingerprint density at radius 3 is 2.79 bits per heavy atom. The van der Waals surface area contributed by atoms with E-state index >= 15 is 0 Å². The van der Waals surface area contributed by atoms with Gasteiger partial charge in [0.25, 0.3) is 5.91 Å². The Labute approximate surface area is 134 Å². The number of carbonyl (C=O) groups is 1. The highest BCUT2D eigenvalue weighted by Crippen LogP contribution is 2.23. The quantitative estimate of drug-likeness (QED) is 0.797. The second-order valence-corrected chi connectivity index (χ2v) is 5.33. The predicted molar refractivity (Wildman–Crippen MR) is 78.4 cm³/mol. The van der Waals surface area contributed by atoms with E-state index < -0.39 is 18.1 Å². The number of nitrogens with zero attached hydrogens (tertiary/aromatic N) is 3. The molecule has 0 aromatic carbocycles. The molecule has 3 rings (SSSR count). The Hall–Kier alpha value is -2.84. The minimum absolute atomic E-state index is 0.0282. The van der Waals surface area contributed by atoms with Gasteiger partial charge in [0.2, 0.25) is 0 Å². The number of aryl methyl sites for hydroxylation is 1. The summed E-state index contributed by atoms with van der Waals surface area (Å²) in [6, 6.07) is 1.46. The fourth-order valence-corrected chi connectivity index (χ4v) is 2.19. The molecule has 0 saturated carbocycles. The van der Waals surface area contributed by atoms with E-state index in [9.17, 15) is 18.0 Å². The molecule has 3 heterocycles. The van der Waals surface area contributed by atoms with Gasteiger partial charge in [-0.15, -0.1) is 0 Å². The first-order valence-corrected chi connectivity index (χ1v) is 7.03. The third-order valence-electron chi connectivity index (χ3n) is 3.55. The highest BCUT2D eigenvalue weighted by atomic mass is 19.4. The smallest absolute Gasteiger partial charge is 0.408 e. The van der Waals surface area contributed by atoms with Crippen molar-refractivity contribution in [3.63, 3.8) is 0 Å². The monoisotopic (exact) mass is 338 g/mol. The van der Waals surface area contributed by atoms with Crippen LogP contribution in [0.15, 0.2) is 35.3 Å². The number of aromatic nitrogens is 3. The minimum Gasteiger partial charge on any atom is -0.472 e. The molecule has 9 heteroatoms.